The topological polar surface area (TPSA) is 69.4 Å². The van der Waals surface area contributed by atoms with Crippen LogP contribution in [0.15, 0.2) is 18.6 Å². The summed E-state index contributed by atoms with van der Waals surface area (Å²) in [5.41, 5.74) is 0.718. The Balaban J connectivity index is 2.07. The Hall–Kier alpha value is -1.21. The van der Waals surface area contributed by atoms with Gasteiger partial charge in [0.1, 0.15) is 23.4 Å². The molecular formula is C16H24ClN3O3. The monoisotopic (exact) mass is 341 g/mol. The average molecular weight is 342 g/mol. The number of aliphatic hydroxyl groups excluding tert-OH is 1. The maximum atomic E-state index is 9.25. The SMILES string of the molecule is CC[C@H](CO)COC(C)(C)O[C@H](C)n1ccc2c(Cl)ncnc21. The number of aliphatic hydroxyl groups is 1. The van der Waals surface area contributed by atoms with Crippen molar-refractivity contribution in [2.75, 3.05) is 13.2 Å². The second kappa shape index (κ2) is 7.57. The summed E-state index contributed by atoms with van der Waals surface area (Å²) < 4.78 is 13.7. The molecule has 2 rings (SSSR count). The standard InChI is InChI=1S/C16H24ClN3O3/c1-5-12(8-21)9-22-16(3,4)23-11(2)20-7-6-13-14(17)18-10-19-15(13)20/h6-7,10-12,21H,5,8-9H2,1-4H3/t11-,12-/m1/s1. The van der Waals surface area contributed by atoms with Crippen LogP contribution in [-0.4, -0.2) is 38.6 Å². The molecule has 0 aromatic carbocycles. The second-order valence-corrected chi connectivity index (χ2v) is 6.37. The molecule has 0 aliphatic heterocycles. The molecule has 23 heavy (non-hydrogen) atoms. The van der Waals surface area contributed by atoms with Gasteiger partial charge in [0.05, 0.1) is 12.0 Å². The number of fused-ring (bicyclic) bond motifs is 1. The zero-order valence-corrected chi connectivity index (χ0v) is 14.7. The average Bonchev–Trinajstić information content (AvgIpc) is 2.93. The van der Waals surface area contributed by atoms with Crippen LogP contribution in [-0.2, 0) is 9.47 Å². The molecule has 7 heteroatoms. The van der Waals surface area contributed by atoms with Crippen LogP contribution in [0.25, 0.3) is 11.0 Å². The molecule has 128 valence electrons. The molecule has 2 aromatic rings. The number of rotatable bonds is 8. The van der Waals surface area contributed by atoms with Crippen LogP contribution in [0.5, 0.6) is 0 Å². The highest BCUT2D eigenvalue weighted by Crippen LogP contribution is 2.27. The van der Waals surface area contributed by atoms with E-state index in [1.807, 2.05) is 44.5 Å². The quantitative estimate of drug-likeness (QED) is 0.588. The third kappa shape index (κ3) is 4.41. The highest BCUT2D eigenvalue weighted by Gasteiger charge is 2.25. The Kier molecular flexibility index (Phi) is 5.97. The van der Waals surface area contributed by atoms with Crippen molar-refractivity contribution in [1.82, 2.24) is 14.5 Å². The molecule has 6 nitrogen and oxygen atoms in total. The first-order chi connectivity index (χ1) is 10.9. The van der Waals surface area contributed by atoms with Gasteiger partial charge in [-0.05, 0) is 33.3 Å². The summed E-state index contributed by atoms with van der Waals surface area (Å²) in [6, 6.07) is 1.87. The maximum Gasteiger partial charge on any atom is 0.165 e. The van der Waals surface area contributed by atoms with E-state index in [9.17, 15) is 5.11 Å². The molecule has 1 N–H and O–H groups in total. The van der Waals surface area contributed by atoms with Crippen molar-refractivity contribution >= 4 is 22.6 Å². The maximum absolute atomic E-state index is 9.25. The van der Waals surface area contributed by atoms with Crippen LogP contribution in [0.3, 0.4) is 0 Å². The lowest BCUT2D eigenvalue weighted by molar-refractivity contribution is -0.254. The van der Waals surface area contributed by atoms with Crippen molar-refractivity contribution in [3.8, 4) is 0 Å². The Labute approximate surface area is 141 Å². The molecule has 0 amide bonds. The number of halogens is 1. The van der Waals surface area contributed by atoms with Gasteiger partial charge in [0.2, 0.25) is 0 Å². The lowest BCUT2D eigenvalue weighted by Gasteiger charge is -2.31. The molecule has 2 atom stereocenters. The predicted molar refractivity (Wildman–Crippen MR) is 89.2 cm³/mol. The third-order valence-electron chi connectivity index (χ3n) is 3.81. The van der Waals surface area contributed by atoms with Gasteiger partial charge in [-0.25, -0.2) is 9.97 Å². The van der Waals surface area contributed by atoms with Gasteiger partial charge in [-0.15, -0.1) is 0 Å². The lowest BCUT2D eigenvalue weighted by atomic mass is 10.1. The van der Waals surface area contributed by atoms with Crippen LogP contribution in [0.1, 0.15) is 40.3 Å². The number of ether oxygens (including phenoxy) is 2. The van der Waals surface area contributed by atoms with Gasteiger partial charge in [0.15, 0.2) is 5.79 Å². The van der Waals surface area contributed by atoms with E-state index in [2.05, 4.69) is 9.97 Å². The van der Waals surface area contributed by atoms with Crippen LogP contribution in [0.2, 0.25) is 5.15 Å². The highest BCUT2D eigenvalue weighted by atomic mass is 35.5. The van der Waals surface area contributed by atoms with Gasteiger partial charge in [0, 0.05) is 18.7 Å². The first-order valence-corrected chi connectivity index (χ1v) is 8.15. The number of hydrogen-bond donors (Lipinski definition) is 1. The van der Waals surface area contributed by atoms with Gasteiger partial charge in [-0.1, -0.05) is 18.5 Å². The van der Waals surface area contributed by atoms with Crippen molar-refractivity contribution in [2.24, 2.45) is 5.92 Å². The summed E-state index contributed by atoms with van der Waals surface area (Å²) >= 11 is 6.07. The van der Waals surface area contributed by atoms with Crippen molar-refractivity contribution in [3.63, 3.8) is 0 Å². The van der Waals surface area contributed by atoms with Crippen molar-refractivity contribution in [2.45, 2.75) is 46.1 Å². The smallest absolute Gasteiger partial charge is 0.165 e. The second-order valence-electron chi connectivity index (χ2n) is 6.01. The van der Waals surface area contributed by atoms with Gasteiger partial charge in [-0.3, -0.25) is 0 Å². The van der Waals surface area contributed by atoms with Crippen molar-refractivity contribution in [3.05, 3.63) is 23.7 Å². The van der Waals surface area contributed by atoms with E-state index in [0.29, 0.717) is 11.8 Å². The minimum absolute atomic E-state index is 0.111. The van der Waals surface area contributed by atoms with E-state index in [1.165, 1.54) is 6.33 Å². The molecule has 2 heterocycles. The van der Waals surface area contributed by atoms with Gasteiger partial charge in [0.25, 0.3) is 0 Å². The number of aromatic nitrogens is 3. The first kappa shape index (κ1) is 18.1. The summed E-state index contributed by atoms with van der Waals surface area (Å²) in [5, 5.41) is 10.5. The zero-order valence-electron chi connectivity index (χ0n) is 14.0. The lowest BCUT2D eigenvalue weighted by Crippen LogP contribution is -2.33. The first-order valence-electron chi connectivity index (χ1n) is 7.77. The molecule has 0 aliphatic rings. The zero-order chi connectivity index (χ0) is 17.0. The summed E-state index contributed by atoms with van der Waals surface area (Å²) in [6.45, 7) is 8.23. The molecule has 0 fully saturated rings. The molecule has 0 saturated carbocycles. The van der Waals surface area contributed by atoms with Crippen LogP contribution < -0.4 is 0 Å². The normalized spacial score (nSPS) is 15.0. The van der Waals surface area contributed by atoms with E-state index < -0.39 is 5.79 Å². The van der Waals surface area contributed by atoms with Gasteiger partial charge >= 0.3 is 0 Å². The Morgan fingerprint density at radius 3 is 2.78 bits per heavy atom. The number of hydrogen-bond acceptors (Lipinski definition) is 5. The van der Waals surface area contributed by atoms with Gasteiger partial charge in [-0.2, -0.15) is 0 Å². The van der Waals surface area contributed by atoms with Crippen molar-refractivity contribution < 1.29 is 14.6 Å². The fourth-order valence-electron chi connectivity index (χ4n) is 2.35. The predicted octanol–water partition coefficient (Wildman–Crippen LogP) is 3.39. The number of nitrogens with zero attached hydrogens (tertiary/aromatic N) is 3. The summed E-state index contributed by atoms with van der Waals surface area (Å²) in [5.74, 6) is -0.665. The summed E-state index contributed by atoms with van der Waals surface area (Å²) in [7, 11) is 0. The molecule has 0 radical (unpaired) electrons. The third-order valence-corrected chi connectivity index (χ3v) is 4.11. The minimum Gasteiger partial charge on any atom is -0.396 e. The molecule has 0 unspecified atom stereocenters. The van der Waals surface area contributed by atoms with Crippen LogP contribution >= 0.6 is 11.6 Å². The van der Waals surface area contributed by atoms with Crippen LogP contribution in [0, 0.1) is 5.92 Å². The molecule has 2 aromatic heterocycles. The molecule has 0 saturated heterocycles. The molecular weight excluding hydrogens is 318 g/mol. The van der Waals surface area contributed by atoms with Gasteiger partial charge < -0.3 is 19.1 Å². The van der Waals surface area contributed by atoms with E-state index in [0.717, 1.165) is 17.5 Å². The minimum atomic E-state index is -0.782. The summed E-state index contributed by atoms with van der Waals surface area (Å²) in [4.78, 5) is 8.24. The van der Waals surface area contributed by atoms with E-state index in [1.54, 1.807) is 0 Å². The molecule has 0 aliphatic carbocycles. The fourth-order valence-corrected chi connectivity index (χ4v) is 2.54. The van der Waals surface area contributed by atoms with Crippen molar-refractivity contribution in [1.29, 1.82) is 0 Å². The Morgan fingerprint density at radius 1 is 1.39 bits per heavy atom. The van der Waals surface area contributed by atoms with E-state index in [-0.39, 0.29) is 18.8 Å². The highest BCUT2D eigenvalue weighted by molar-refractivity contribution is 6.33. The van der Waals surface area contributed by atoms with Crippen LogP contribution in [0.4, 0.5) is 0 Å². The summed E-state index contributed by atoms with van der Waals surface area (Å²) in [6.07, 6.45) is 3.87. The largest absolute Gasteiger partial charge is 0.396 e. The molecule has 0 bridgehead atoms. The Morgan fingerprint density at radius 2 is 2.13 bits per heavy atom. The molecule has 0 spiro atoms. The van der Waals surface area contributed by atoms with E-state index >= 15 is 0 Å². The fraction of sp³-hybridized carbons (Fsp3) is 0.625. The Bertz CT molecular complexity index is 641. The van der Waals surface area contributed by atoms with E-state index in [4.69, 9.17) is 21.1 Å².